The molecule has 0 bridgehead atoms. The Morgan fingerprint density at radius 1 is 1.41 bits per heavy atom. The van der Waals surface area contributed by atoms with Crippen LogP contribution in [0.15, 0.2) is 0 Å². The Morgan fingerprint density at radius 3 is 2.65 bits per heavy atom. The first-order valence-corrected chi connectivity index (χ1v) is 6.24. The molecule has 0 saturated heterocycles. The van der Waals surface area contributed by atoms with E-state index in [-0.39, 0.29) is 5.92 Å². The third kappa shape index (κ3) is 2.48. The first-order chi connectivity index (χ1) is 8.09. The summed E-state index contributed by atoms with van der Waals surface area (Å²) in [7, 11) is 0. The van der Waals surface area contributed by atoms with E-state index in [1.165, 1.54) is 12.8 Å². The van der Waals surface area contributed by atoms with Crippen LogP contribution in [-0.4, -0.2) is 26.3 Å². The molecule has 1 saturated carbocycles. The van der Waals surface area contributed by atoms with Crippen molar-refractivity contribution in [3.63, 3.8) is 0 Å². The second-order valence-corrected chi connectivity index (χ2v) is 4.98. The van der Waals surface area contributed by atoms with Crippen LogP contribution in [0.2, 0.25) is 0 Å². The lowest BCUT2D eigenvalue weighted by atomic mass is 9.95. The van der Waals surface area contributed by atoms with Gasteiger partial charge in [-0.15, -0.1) is 0 Å². The van der Waals surface area contributed by atoms with Gasteiger partial charge < -0.3 is 5.11 Å². The number of carbonyl (C=O) groups is 1. The molecule has 1 heterocycles. The van der Waals surface area contributed by atoms with Gasteiger partial charge in [0.2, 0.25) is 0 Å². The first kappa shape index (κ1) is 12.1. The van der Waals surface area contributed by atoms with Crippen LogP contribution < -0.4 is 0 Å². The Labute approximate surface area is 101 Å². The van der Waals surface area contributed by atoms with E-state index in [1.54, 1.807) is 6.92 Å². The molecule has 0 spiro atoms. The highest BCUT2D eigenvalue weighted by molar-refractivity contribution is 5.70. The van der Waals surface area contributed by atoms with Gasteiger partial charge in [-0.1, -0.05) is 26.7 Å². The van der Waals surface area contributed by atoms with Crippen molar-refractivity contribution < 1.29 is 9.90 Å². The highest BCUT2D eigenvalue weighted by Gasteiger charge is 2.26. The van der Waals surface area contributed by atoms with Crippen molar-refractivity contribution in [3.8, 4) is 0 Å². The summed E-state index contributed by atoms with van der Waals surface area (Å²) >= 11 is 0. The zero-order valence-electron chi connectivity index (χ0n) is 10.3. The van der Waals surface area contributed by atoms with Crippen LogP contribution in [0.5, 0.6) is 0 Å². The summed E-state index contributed by atoms with van der Waals surface area (Å²) in [6.07, 6.45) is 4.83. The highest BCUT2D eigenvalue weighted by atomic mass is 16.4. The van der Waals surface area contributed by atoms with Gasteiger partial charge in [0.15, 0.2) is 5.82 Å². The lowest BCUT2D eigenvalue weighted by molar-refractivity contribution is -0.141. The summed E-state index contributed by atoms with van der Waals surface area (Å²) in [6.45, 7) is 3.55. The average Bonchev–Trinajstić information content (AvgIpc) is 2.96. The fourth-order valence-electron chi connectivity index (χ4n) is 2.31. The summed E-state index contributed by atoms with van der Waals surface area (Å²) in [4.78, 5) is 15.4. The van der Waals surface area contributed by atoms with Gasteiger partial charge in [-0.2, -0.15) is 5.10 Å². The number of hydrogen-bond donors (Lipinski definition) is 2. The van der Waals surface area contributed by atoms with Crippen LogP contribution in [0.3, 0.4) is 0 Å². The number of carboxylic acids is 1. The molecule has 0 amide bonds. The molecule has 1 fully saturated rings. The highest BCUT2D eigenvalue weighted by Crippen LogP contribution is 2.32. The summed E-state index contributed by atoms with van der Waals surface area (Å²) in [5.41, 5.74) is 0. The maximum atomic E-state index is 10.9. The molecule has 1 aromatic heterocycles. The monoisotopic (exact) mass is 237 g/mol. The summed E-state index contributed by atoms with van der Waals surface area (Å²) in [5.74, 6) is 0.637. The van der Waals surface area contributed by atoms with Crippen molar-refractivity contribution in [3.05, 3.63) is 11.6 Å². The molecule has 2 rings (SSSR count). The van der Waals surface area contributed by atoms with Crippen molar-refractivity contribution >= 4 is 5.97 Å². The predicted octanol–water partition coefficient (Wildman–Crippen LogP) is 2.29. The molecule has 5 nitrogen and oxygen atoms in total. The number of carboxylic acid groups (broad SMARTS) is 1. The number of nitrogens with zero attached hydrogens (tertiary/aromatic N) is 2. The van der Waals surface area contributed by atoms with Crippen LogP contribution in [0.4, 0.5) is 0 Å². The Morgan fingerprint density at radius 2 is 2.06 bits per heavy atom. The van der Waals surface area contributed by atoms with Crippen molar-refractivity contribution in [2.45, 2.75) is 51.4 Å². The van der Waals surface area contributed by atoms with E-state index in [2.05, 4.69) is 15.2 Å². The fourth-order valence-corrected chi connectivity index (χ4v) is 2.31. The molecule has 2 atom stereocenters. The normalized spacial score (nSPS) is 20.4. The zero-order valence-corrected chi connectivity index (χ0v) is 10.3. The van der Waals surface area contributed by atoms with Crippen molar-refractivity contribution in [1.29, 1.82) is 0 Å². The molecule has 2 N–H and O–H groups in total. The molecule has 94 valence electrons. The van der Waals surface area contributed by atoms with Gasteiger partial charge in [0, 0.05) is 11.8 Å². The van der Waals surface area contributed by atoms with Crippen LogP contribution in [0.1, 0.15) is 63.0 Å². The number of nitrogens with one attached hydrogen (secondary N) is 1. The van der Waals surface area contributed by atoms with Gasteiger partial charge in [0.1, 0.15) is 5.82 Å². The minimum atomic E-state index is -0.801. The Hall–Kier alpha value is -1.39. The van der Waals surface area contributed by atoms with Crippen molar-refractivity contribution in [2.75, 3.05) is 0 Å². The van der Waals surface area contributed by atoms with E-state index >= 15 is 0 Å². The molecular formula is C12H19N3O2. The Bertz CT molecular complexity index is 396. The number of aromatic amines is 1. The van der Waals surface area contributed by atoms with Gasteiger partial charge in [-0.05, 0) is 12.8 Å². The van der Waals surface area contributed by atoms with E-state index in [9.17, 15) is 4.79 Å². The smallest absolute Gasteiger partial charge is 0.306 e. The van der Waals surface area contributed by atoms with Crippen LogP contribution in [0.25, 0.3) is 0 Å². The maximum Gasteiger partial charge on any atom is 0.306 e. The summed E-state index contributed by atoms with van der Waals surface area (Å²) < 4.78 is 0. The Kier molecular flexibility index (Phi) is 3.45. The minimum Gasteiger partial charge on any atom is -0.481 e. The molecule has 1 aromatic rings. The second-order valence-electron chi connectivity index (χ2n) is 4.98. The molecule has 0 radical (unpaired) electrons. The van der Waals surface area contributed by atoms with E-state index < -0.39 is 11.9 Å². The zero-order chi connectivity index (χ0) is 12.4. The van der Waals surface area contributed by atoms with E-state index in [0.717, 1.165) is 18.7 Å². The summed E-state index contributed by atoms with van der Waals surface area (Å²) in [6, 6.07) is 0. The van der Waals surface area contributed by atoms with Gasteiger partial charge in [0.05, 0.1) is 5.92 Å². The quantitative estimate of drug-likeness (QED) is 0.842. The minimum absolute atomic E-state index is 0.154. The van der Waals surface area contributed by atoms with Crippen molar-refractivity contribution in [1.82, 2.24) is 15.2 Å². The number of aromatic nitrogens is 3. The van der Waals surface area contributed by atoms with Crippen LogP contribution in [-0.2, 0) is 4.79 Å². The molecule has 2 unspecified atom stereocenters. The first-order valence-electron chi connectivity index (χ1n) is 6.24. The van der Waals surface area contributed by atoms with Gasteiger partial charge >= 0.3 is 5.97 Å². The molecule has 0 aliphatic heterocycles. The van der Waals surface area contributed by atoms with Gasteiger partial charge in [0.25, 0.3) is 0 Å². The van der Waals surface area contributed by atoms with Gasteiger partial charge in [-0.25, -0.2) is 4.98 Å². The van der Waals surface area contributed by atoms with Crippen LogP contribution >= 0.6 is 0 Å². The van der Waals surface area contributed by atoms with Gasteiger partial charge in [-0.3, -0.25) is 9.89 Å². The van der Waals surface area contributed by atoms with E-state index in [0.29, 0.717) is 11.7 Å². The molecule has 0 aromatic carbocycles. The lowest BCUT2D eigenvalue weighted by Gasteiger charge is -2.11. The topological polar surface area (TPSA) is 78.9 Å². The predicted molar refractivity (Wildman–Crippen MR) is 62.8 cm³/mol. The van der Waals surface area contributed by atoms with E-state index in [1.807, 2.05) is 6.92 Å². The number of rotatable bonds is 4. The molecular weight excluding hydrogens is 218 g/mol. The standard InChI is InChI=1S/C12H19N3O2/c1-7(8(2)12(16)17)10-13-11(15-14-10)9-5-3-4-6-9/h7-9H,3-6H2,1-2H3,(H,16,17)(H,13,14,15). The number of H-pyrrole nitrogens is 1. The number of aliphatic carboxylic acids is 1. The Balaban J connectivity index is 2.09. The third-order valence-corrected chi connectivity index (χ3v) is 3.81. The molecule has 5 heteroatoms. The second kappa shape index (κ2) is 4.85. The summed E-state index contributed by atoms with van der Waals surface area (Å²) in [5, 5.41) is 16.1. The van der Waals surface area contributed by atoms with E-state index in [4.69, 9.17) is 5.11 Å². The lowest BCUT2D eigenvalue weighted by Crippen LogP contribution is -2.17. The fraction of sp³-hybridized carbons (Fsp3) is 0.750. The number of hydrogen-bond acceptors (Lipinski definition) is 3. The average molecular weight is 237 g/mol. The molecule has 1 aliphatic rings. The largest absolute Gasteiger partial charge is 0.481 e. The molecule has 17 heavy (non-hydrogen) atoms. The SMILES string of the molecule is CC(C(=O)O)C(C)c1n[nH]c(C2CCCC2)n1. The maximum absolute atomic E-state index is 10.9. The molecule has 1 aliphatic carbocycles. The van der Waals surface area contributed by atoms with Crippen molar-refractivity contribution in [2.24, 2.45) is 5.92 Å². The van der Waals surface area contributed by atoms with Crippen LogP contribution in [0, 0.1) is 5.92 Å². The third-order valence-electron chi connectivity index (χ3n) is 3.81.